The minimum Gasteiger partial charge on any atom is -0.507 e. The van der Waals surface area contributed by atoms with E-state index >= 15 is 0 Å². The Balaban J connectivity index is 1.68. The highest BCUT2D eigenvalue weighted by Gasteiger charge is 2.13. The molecule has 4 rings (SSSR count). The van der Waals surface area contributed by atoms with Crippen molar-refractivity contribution in [2.24, 2.45) is 0 Å². The van der Waals surface area contributed by atoms with Crippen LogP contribution in [0.2, 0.25) is 0 Å². The van der Waals surface area contributed by atoms with E-state index < -0.39 is 0 Å². The van der Waals surface area contributed by atoms with Crippen LogP contribution in [0.4, 0.5) is 11.6 Å². The maximum atomic E-state index is 12.5. The minimum absolute atomic E-state index is 0.0573. The number of H-pyrrole nitrogens is 1. The number of benzene rings is 3. The molecule has 3 aromatic carbocycles. The number of hydrogen-bond acceptors (Lipinski definition) is 4. The average Bonchev–Trinajstić information content (AvgIpc) is 2.93. The molecule has 0 spiro atoms. The zero-order chi connectivity index (χ0) is 16.7. The summed E-state index contributed by atoms with van der Waals surface area (Å²) in [5, 5.41) is 14.7. The van der Waals surface area contributed by atoms with Crippen LogP contribution in [-0.4, -0.2) is 21.0 Å². The third-order valence-electron chi connectivity index (χ3n) is 3.87. The average molecular weight is 318 g/mol. The first-order valence-electron chi connectivity index (χ1n) is 7.38. The highest BCUT2D eigenvalue weighted by molar-refractivity contribution is 6.09. The first kappa shape index (κ1) is 14.1. The number of anilines is 2. The molecule has 4 aromatic rings. The van der Waals surface area contributed by atoms with E-state index in [4.69, 9.17) is 5.73 Å². The van der Waals surface area contributed by atoms with Crippen molar-refractivity contribution < 1.29 is 9.90 Å². The summed E-state index contributed by atoms with van der Waals surface area (Å²) in [7, 11) is 0. The monoisotopic (exact) mass is 318 g/mol. The van der Waals surface area contributed by atoms with Crippen molar-refractivity contribution in [1.82, 2.24) is 9.97 Å². The van der Waals surface area contributed by atoms with Gasteiger partial charge in [-0.3, -0.25) is 4.79 Å². The van der Waals surface area contributed by atoms with E-state index in [1.54, 1.807) is 30.3 Å². The molecule has 1 heterocycles. The Morgan fingerprint density at radius 2 is 1.83 bits per heavy atom. The van der Waals surface area contributed by atoms with Crippen molar-refractivity contribution >= 4 is 39.3 Å². The van der Waals surface area contributed by atoms with Gasteiger partial charge < -0.3 is 21.1 Å². The first-order valence-corrected chi connectivity index (χ1v) is 7.38. The molecule has 6 nitrogen and oxygen atoms in total. The Morgan fingerprint density at radius 3 is 2.62 bits per heavy atom. The number of carbonyl (C=O) groups is 1. The Kier molecular flexibility index (Phi) is 3.09. The summed E-state index contributed by atoms with van der Waals surface area (Å²) in [6.45, 7) is 0. The van der Waals surface area contributed by atoms with Crippen molar-refractivity contribution in [2.75, 3.05) is 11.1 Å². The number of nitrogens with zero attached hydrogens (tertiary/aromatic N) is 1. The molecular weight excluding hydrogens is 304 g/mol. The topological polar surface area (TPSA) is 104 Å². The number of fused-ring (bicyclic) bond motifs is 2. The first-order chi connectivity index (χ1) is 11.6. The normalized spacial score (nSPS) is 11.0. The Morgan fingerprint density at radius 1 is 1.08 bits per heavy atom. The maximum absolute atomic E-state index is 12.5. The molecule has 0 aliphatic heterocycles. The highest BCUT2D eigenvalue weighted by Crippen LogP contribution is 2.26. The zero-order valence-electron chi connectivity index (χ0n) is 12.6. The molecule has 0 saturated heterocycles. The number of aromatic amines is 1. The van der Waals surface area contributed by atoms with E-state index in [2.05, 4.69) is 15.3 Å². The summed E-state index contributed by atoms with van der Waals surface area (Å²) in [6, 6.07) is 16.0. The number of phenolic OH excluding ortho intramolecular Hbond substituents is 1. The lowest BCUT2D eigenvalue weighted by atomic mass is 10.1. The SMILES string of the molecule is Nc1nc2ccc(NC(=O)c3cc4ccccc4cc3O)cc2[nH]1. The van der Waals surface area contributed by atoms with Crippen LogP contribution in [0.3, 0.4) is 0 Å². The van der Waals surface area contributed by atoms with Gasteiger partial charge in [0.15, 0.2) is 5.95 Å². The molecule has 5 N–H and O–H groups in total. The van der Waals surface area contributed by atoms with Crippen molar-refractivity contribution in [3.8, 4) is 5.75 Å². The van der Waals surface area contributed by atoms with E-state index in [9.17, 15) is 9.90 Å². The number of nitrogens with two attached hydrogens (primary N) is 1. The Labute approximate surface area is 136 Å². The third-order valence-corrected chi connectivity index (χ3v) is 3.87. The lowest BCUT2D eigenvalue weighted by Crippen LogP contribution is -2.12. The highest BCUT2D eigenvalue weighted by atomic mass is 16.3. The van der Waals surface area contributed by atoms with Gasteiger partial charge in [0.05, 0.1) is 16.6 Å². The fourth-order valence-electron chi connectivity index (χ4n) is 2.72. The number of phenols is 1. The molecule has 6 heteroatoms. The van der Waals surface area contributed by atoms with Gasteiger partial charge in [-0.15, -0.1) is 0 Å². The van der Waals surface area contributed by atoms with Gasteiger partial charge in [-0.25, -0.2) is 4.98 Å². The van der Waals surface area contributed by atoms with Crippen LogP contribution in [0.5, 0.6) is 5.75 Å². The second-order valence-corrected chi connectivity index (χ2v) is 5.52. The van der Waals surface area contributed by atoms with Crippen LogP contribution in [0, 0.1) is 0 Å². The summed E-state index contributed by atoms with van der Waals surface area (Å²) in [6.07, 6.45) is 0. The molecular formula is C18H14N4O2. The lowest BCUT2D eigenvalue weighted by Gasteiger charge is -2.08. The van der Waals surface area contributed by atoms with Gasteiger partial charge in [0, 0.05) is 5.69 Å². The smallest absolute Gasteiger partial charge is 0.259 e. The van der Waals surface area contributed by atoms with E-state index in [0.717, 1.165) is 21.8 Å². The summed E-state index contributed by atoms with van der Waals surface area (Å²) in [5.41, 5.74) is 7.88. The van der Waals surface area contributed by atoms with Crippen molar-refractivity contribution in [3.63, 3.8) is 0 Å². The molecule has 1 amide bonds. The van der Waals surface area contributed by atoms with Gasteiger partial charge in [-0.1, -0.05) is 24.3 Å². The van der Waals surface area contributed by atoms with Crippen molar-refractivity contribution in [2.45, 2.75) is 0 Å². The second-order valence-electron chi connectivity index (χ2n) is 5.52. The largest absolute Gasteiger partial charge is 0.507 e. The fourth-order valence-corrected chi connectivity index (χ4v) is 2.72. The fraction of sp³-hybridized carbons (Fsp3) is 0. The zero-order valence-corrected chi connectivity index (χ0v) is 12.6. The maximum Gasteiger partial charge on any atom is 0.259 e. The van der Waals surface area contributed by atoms with E-state index in [1.165, 1.54) is 0 Å². The van der Waals surface area contributed by atoms with Crippen LogP contribution in [-0.2, 0) is 0 Å². The standard InChI is InChI=1S/C18H14N4O2/c19-18-21-14-6-5-12(9-15(14)22-18)20-17(24)13-7-10-3-1-2-4-11(10)8-16(13)23/h1-9,23H,(H,20,24)(H3,19,21,22). The lowest BCUT2D eigenvalue weighted by molar-refractivity contribution is 0.102. The summed E-state index contributed by atoms with van der Waals surface area (Å²) < 4.78 is 0. The molecule has 0 atom stereocenters. The molecule has 0 radical (unpaired) electrons. The van der Waals surface area contributed by atoms with E-state index in [1.807, 2.05) is 24.3 Å². The molecule has 24 heavy (non-hydrogen) atoms. The number of nitrogens with one attached hydrogen (secondary N) is 2. The van der Waals surface area contributed by atoms with Crippen LogP contribution >= 0.6 is 0 Å². The van der Waals surface area contributed by atoms with Gasteiger partial charge in [0.25, 0.3) is 5.91 Å². The number of hydrogen-bond donors (Lipinski definition) is 4. The van der Waals surface area contributed by atoms with Crippen LogP contribution < -0.4 is 11.1 Å². The number of aromatic hydroxyl groups is 1. The van der Waals surface area contributed by atoms with Gasteiger partial charge in [-0.2, -0.15) is 0 Å². The number of amides is 1. The van der Waals surface area contributed by atoms with E-state index in [0.29, 0.717) is 11.6 Å². The van der Waals surface area contributed by atoms with Crippen molar-refractivity contribution in [3.05, 3.63) is 60.2 Å². The molecule has 118 valence electrons. The number of nitrogen functional groups attached to an aromatic ring is 1. The van der Waals surface area contributed by atoms with Crippen molar-refractivity contribution in [1.29, 1.82) is 0 Å². The van der Waals surface area contributed by atoms with Crippen LogP contribution in [0.1, 0.15) is 10.4 Å². The van der Waals surface area contributed by atoms with Crippen LogP contribution in [0.15, 0.2) is 54.6 Å². The molecule has 1 aromatic heterocycles. The number of aromatic nitrogens is 2. The predicted molar refractivity (Wildman–Crippen MR) is 94.1 cm³/mol. The minimum atomic E-state index is -0.384. The Bertz CT molecular complexity index is 1080. The summed E-state index contributed by atoms with van der Waals surface area (Å²) in [5.74, 6) is -0.121. The van der Waals surface area contributed by atoms with Gasteiger partial charge in [0.2, 0.25) is 0 Å². The summed E-state index contributed by atoms with van der Waals surface area (Å²) in [4.78, 5) is 19.5. The number of imidazole rings is 1. The van der Waals surface area contributed by atoms with Gasteiger partial charge in [-0.05, 0) is 41.1 Å². The molecule has 0 unspecified atom stereocenters. The molecule has 0 aliphatic rings. The molecule has 0 bridgehead atoms. The third kappa shape index (κ3) is 2.40. The molecule has 0 saturated carbocycles. The van der Waals surface area contributed by atoms with E-state index in [-0.39, 0.29) is 17.2 Å². The number of rotatable bonds is 2. The number of carbonyl (C=O) groups excluding carboxylic acids is 1. The van der Waals surface area contributed by atoms with Gasteiger partial charge >= 0.3 is 0 Å². The predicted octanol–water partition coefficient (Wildman–Crippen LogP) is 3.26. The summed E-state index contributed by atoms with van der Waals surface area (Å²) >= 11 is 0. The molecule has 0 aliphatic carbocycles. The quantitative estimate of drug-likeness (QED) is 0.455. The van der Waals surface area contributed by atoms with Gasteiger partial charge in [0.1, 0.15) is 5.75 Å². The Hall–Kier alpha value is -3.54. The molecule has 0 fully saturated rings. The second kappa shape index (κ2) is 5.27. The van der Waals surface area contributed by atoms with Crippen LogP contribution in [0.25, 0.3) is 21.8 Å².